The van der Waals surface area contributed by atoms with Crippen LogP contribution in [0.25, 0.3) is 0 Å². The van der Waals surface area contributed by atoms with Crippen LogP contribution in [0.1, 0.15) is 50.5 Å². The number of hydrazine groups is 1. The third kappa shape index (κ3) is 7.88. The Kier molecular flexibility index (Phi) is 10.4. The lowest BCUT2D eigenvalue weighted by Gasteiger charge is -2.31. The molecule has 0 aliphatic carbocycles. The first-order valence-corrected chi connectivity index (χ1v) is 9.09. The highest BCUT2D eigenvalue weighted by Crippen LogP contribution is 2.10. The standard InChI is InChI=1S/C18H31N5O3/c1-5-6-16(18(25)21-10-12-26-4)23(11-7-14(2)3)22-17(24)15-13-19-8-9-20-15/h8-9,13-14,16H,5-7,10-12H2,1-4H3,(H,21,25)(H,22,24). The number of rotatable bonds is 12. The number of hydrogen-bond donors (Lipinski definition) is 2. The summed E-state index contributed by atoms with van der Waals surface area (Å²) in [6.07, 6.45) is 6.69. The first kappa shape index (κ1) is 22.0. The highest BCUT2D eigenvalue weighted by atomic mass is 16.5. The third-order valence-corrected chi connectivity index (χ3v) is 3.83. The Morgan fingerprint density at radius 2 is 2.04 bits per heavy atom. The van der Waals surface area contributed by atoms with E-state index in [4.69, 9.17) is 4.74 Å². The summed E-state index contributed by atoms with van der Waals surface area (Å²) in [7, 11) is 1.59. The van der Waals surface area contributed by atoms with Gasteiger partial charge in [0.2, 0.25) is 5.91 Å². The number of aromatic nitrogens is 2. The first-order valence-electron chi connectivity index (χ1n) is 9.09. The molecule has 0 aliphatic heterocycles. The molecular formula is C18H31N5O3. The Hall–Kier alpha value is -2.06. The molecule has 0 aliphatic rings. The lowest BCUT2D eigenvalue weighted by molar-refractivity contribution is -0.128. The summed E-state index contributed by atoms with van der Waals surface area (Å²) in [6.45, 7) is 7.69. The molecule has 146 valence electrons. The fourth-order valence-electron chi connectivity index (χ4n) is 2.39. The van der Waals surface area contributed by atoms with Crippen LogP contribution in [0.5, 0.6) is 0 Å². The number of nitrogens with zero attached hydrogens (tertiary/aromatic N) is 3. The van der Waals surface area contributed by atoms with Crippen molar-refractivity contribution in [1.82, 2.24) is 25.7 Å². The Morgan fingerprint density at radius 1 is 1.27 bits per heavy atom. The maximum Gasteiger partial charge on any atom is 0.285 e. The quantitative estimate of drug-likeness (QED) is 0.429. The molecule has 0 spiro atoms. The zero-order valence-corrected chi connectivity index (χ0v) is 16.2. The van der Waals surface area contributed by atoms with Crippen molar-refractivity contribution in [2.75, 3.05) is 26.8 Å². The predicted molar refractivity (Wildman–Crippen MR) is 99.2 cm³/mol. The van der Waals surface area contributed by atoms with Gasteiger partial charge < -0.3 is 10.1 Å². The average Bonchev–Trinajstić information content (AvgIpc) is 2.64. The van der Waals surface area contributed by atoms with E-state index in [1.165, 1.54) is 18.6 Å². The second-order valence-corrected chi connectivity index (χ2v) is 6.50. The summed E-state index contributed by atoms with van der Waals surface area (Å²) in [4.78, 5) is 33.0. The second kappa shape index (κ2) is 12.3. The fourth-order valence-corrected chi connectivity index (χ4v) is 2.39. The van der Waals surface area contributed by atoms with E-state index >= 15 is 0 Å². The van der Waals surface area contributed by atoms with Crippen LogP contribution in [0, 0.1) is 5.92 Å². The van der Waals surface area contributed by atoms with Gasteiger partial charge in [0.25, 0.3) is 5.91 Å². The van der Waals surface area contributed by atoms with E-state index in [1.54, 1.807) is 12.1 Å². The van der Waals surface area contributed by atoms with Gasteiger partial charge in [0.15, 0.2) is 0 Å². The summed E-state index contributed by atoms with van der Waals surface area (Å²) in [5.74, 6) is -0.0375. The average molecular weight is 365 g/mol. The maximum atomic E-state index is 12.6. The van der Waals surface area contributed by atoms with Gasteiger partial charge in [-0.1, -0.05) is 27.2 Å². The molecule has 8 nitrogen and oxygen atoms in total. The molecule has 1 aromatic rings. The molecule has 26 heavy (non-hydrogen) atoms. The molecule has 1 heterocycles. The zero-order valence-electron chi connectivity index (χ0n) is 16.2. The van der Waals surface area contributed by atoms with Gasteiger partial charge >= 0.3 is 0 Å². The largest absolute Gasteiger partial charge is 0.383 e. The highest BCUT2D eigenvalue weighted by Gasteiger charge is 2.27. The van der Waals surface area contributed by atoms with E-state index in [0.29, 0.717) is 32.0 Å². The molecule has 0 aromatic carbocycles. The van der Waals surface area contributed by atoms with Crippen molar-refractivity contribution in [3.8, 4) is 0 Å². The Morgan fingerprint density at radius 3 is 2.62 bits per heavy atom. The topological polar surface area (TPSA) is 96.5 Å². The lowest BCUT2D eigenvalue weighted by atomic mass is 10.1. The molecule has 1 atom stereocenters. The van der Waals surface area contributed by atoms with Crippen molar-refractivity contribution in [2.24, 2.45) is 5.92 Å². The Balaban J connectivity index is 2.87. The van der Waals surface area contributed by atoms with Crippen LogP contribution in [0.15, 0.2) is 18.6 Å². The molecule has 1 unspecified atom stereocenters. The van der Waals surface area contributed by atoms with Crippen molar-refractivity contribution in [3.63, 3.8) is 0 Å². The number of methoxy groups -OCH3 is 1. The van der Waals surface area contributed by atoms with Gasteiger partial charge in [0, 0.05) is 32.6 Å². The highest BCUT2D eigenvalue weighted by molar-refractivity contribution is 5.92. The summed E-state index contributed by atoms with van der Waals surface area (Å²) in [5.41, 5.74) is 3.06. The van der Waals surface area contributed by atoms with Crippen molar-refractivity contribution < 1.29 is 14.3 Å². The molecule has 0 radical (unpaired) electrons. The van der Waals surface area contributed by atoms with Gasteiger partial charge in [-0.2, -0.15) is 0 Å². The zero-order chi connectivity index (χ0) is 19.4. The first-order chi connectivity index (χ1) is 12.5. The molecule has 2 amide bonds. The van der Waals surface area contributed by atoms with E-state index in [-0.39, 0.29) is 17.5 Å². The molecule has 8 heteroatoms. The summed E-state index contributed by atoms with van der Waals surface area (Å²) >= 11 is 0. The summed E-state index contributed by atoms with van der Waals surface area (Å²) < 4.78 is 4.98. The van der Waals surface area contributed by atoms with Crippen LogP contribution in [0.3, 0.4) is 0 Å². The molecule has 2 N–H and O–H groups in total. The van der Waals surface area contributed by atoms with Crippen molar-refractivity contribution in [2.45, 2.75) is 46.1 Å². The van der Waals surface area contributed by atoms with Crippen LogP contribution in [-0.4, -0.2) is 59.6 Å². The van der Waals surface area contributed by atoms with Crippen molar-refractivity contribution in [1.29, 1.82) is 0 Å². The van der Waals surface area contributed by atoms with Crippen LogP contribution < -0.4 is 10.7 Å². The number of amides is 2. The minimum absolute atomic E-state index is 0.118. The monoisotopic (exact) mass is 365 g/mol. The van der Waals surface area contributed by atoms with Crippen LogP contribution in [0.2, 0.25) is 0 Å². The summed E-state index contributed by atoms with van der Waals surface area (Å²) in [6, 6.07) is -0.448. The number of ether oxygens (including phenoxy) is 1. The van der Waals surface area contributed by atoms with Crippen molar-refractivity contribution in [3.05, 3.63) is 24.3 Å². The molecule has 0 saturated carbocycles. The maximum absolute atomic E-state index is 12.6. The molecule has 1 aromatic heterocycles. The molecule has 1 rings (SSSR count). The predicted octanol–water partition coefficient (Wildman–Crippen LogP) is 1.40. The van der Waals surface area contributed by atoms with Crippen LogP contribution in [-0.2, 0) is 9.53 Å². The van der Waals surface area contributed by atoms with E-state index in [2.05, 4.69) is 34.6 Å². The fraction of sp³-hybridized carbons (Fsp3) is 0.667. The van der Waals surface area contributed by atoms with Gasteiger partial charge in [0.05, 0.1) is 12.8 Å². The minimum Gasteiger partial charge on any atom is -0.383 e. The van der Waals surface area contributed by atoms with Gasteiger partial charge in [0.1, 0.15) is 11.7 Å². The lowest BCUT2D eigenvalue weighted by Crippen LogP contribution is -2.55. The Labute approximate surface area is 155 Å². The van der Waals surface area contributed by atoms with Crippen molar-refractivity contribution >= 4 is 11.8 Å². The normalized spacial score (nSPS) is 12.2. The second-order valence-electron chi connectivity index (χ2n) is 6.50. The molecule has 0 saturated heterocycles. The summed E-state index contributed by atoms with van der Waals surface area (Å²) in [5, 5.41) is 4.59. The Bertz CT molecular complexity index is 539. The number of carbonyl (C=O) groups is 2. The van der Waals surface area contributed by atoms with E-state index in [0.717, 1.165) is 12.8 Å². The van der Waals surface area contributed by atoms with E-state index < -0.39 is 6.04 Å². The minimum atomic E-state index is -0.448. The van der Waals surface area contributed by atoms with Gasteiger partial charge in [-0.25, -0.2) is 9.99 Å². The van der Waals surface area contributed by atoms with E-state index in [1.807, 2.05) is 6.92 Å². The molecule has 0 bridgehead atoms. The number of nitrogens with one attached hydrogen (secondary N) is 2. The smallest absolute Gasteiger partial charge is 0.285 e. The molecular weight excluding hydrogens is 334 g/mol. The van der Waals surface area contributed by atoms with Gasteiger partial charge in [-0.15, -0.1) is 0 Å². The van der Waals surface area contributed by atoms with Crippen LogP contribution in [0.4, 0.5) is 0 Å². The van der Waals surface area contributed by atoms with Gasteiger partial charge in [-0.05, 0) is 18.8 Å². The van der Waals surface area contributed by atoms with E-state index in [9.17, 15) is 9.59 Å². The third-order valence-electron chi connectivity index (χ3n) is 3.83. The van der Waals surface area contributed by atoms with Crippen LogP contribution >= 0.6 is 0 Å². The van der Waals surface area contributed by atoms with Gasteiger partial charge in [-0.3, -0.25) is 20.0 Å². The SMILES string of the molecule is CCCC(C(=O)NCCOC)N(CCC(C)C)NC(=O)c1cnccn1. The number of hydrogen-bond acceptors (Lipinski definition) is 6. The molecule has 0 fully saturated rings. The number of carbonyl (C=O) groups excluding carboxylic acids is 2.